The minimum absolute atomic E-state index is 0.0468. The van der Waals surface area contributed by atoms with Crippen molar-refractivity contribution in [3.8, 4) is 0 Å². The Morgan fingerprint density at radius 2 is 2.05 bits per heavy atom. The third-order valence-corrected chi connectivity index (χ3v) is 4.96. The van der Waals surface area contributed by atoms with Gasteiger partial charge in [0.25, 0.3) is 0 Å². The molecule has 6 heteroatoms. The zero-order chi connectivity index (χ0) is 15.6. The maximum Gasteiger partial charge on any atom is 0.313 e. The lowest BCUT2D eigenvalue weighted by atomic mass is 9.99. The van der Waals surface area contributed by atoms with Crippen molar-refractivity contribution in [1.82, 2.24) is 9.66 Å². The van der Waals surface area contributed by atoms with Crippen LogP contribution in [0.25, 0.3) is 0 Å². The molecule has 1 aliphatic rings. The quantitative estimate of drug-likeness (QED) is 0.847. The molecule has 1 aliphatic heterocycles. The van der Waals surface area contributed by atoms with Crippen molar-refractivity contribution in [2.75, 3.05) is 10.8 Å². The number of carbonyl (C=O) groups is 1. The summed E-state index contributed by atoms with van der Waals surface area (Å²) in [5.41, 5.74) is 1.16. The van der Waals surface area contributed by atoms with E-state index in [1.54, 1.807) is 0 Å². The van der Waals surface area contributed by atoms with E-state index < -0.39 is 5.97 Å². The zero-order valence-corrected chi connectivity index (χ0v) is 14.1. The summed E-state index contributed by atoms with van der Waals surface area (Å²) in [6.45, 7) is 8.79. The minimum atomic E-state index is -0.805. The first kappa shape index (κ1) is 16.2. The molecule has 1 fully saturated rings. The minimum Gasteiger partial charge on any atom is -0.481 e. The second kappa shape index (κ2) is 6.73. The lowest BCUT2D eigenvalue weighted by molar-refractivity contribution is -0.133. The molecule has 2 heterocycles. The van der Waals surface area contributed by atoms with Crippen LogP contribution in [0.1, 0.15) is 58.6 Å². The molecule has 0 aromatic carbocycles. The number of thioether (sulfide) groups is 1. The smallest absolute Gasteiger partial charge is 0.313 e. The average Bonchev–Trinajstić information content (AvgIpc) is 2.80. The van der Waals surface area contributed by atoms with Gasteiger partial charge < -0.3 is 10.1 Å². The summed E-state index contributed by atoms with van der Waals surface area (Å²) in [7, 11) is 0. The van der Waals surface area contributed by atoms with Gasteiger partial charge in [0.15, 0.2) is 5.16 Å². The molecule has 0 saturated carbocycles. The van der Waals surface area contributed by atoms with Crippen LogP contribution in [-0.4, -0.2) is 38.6 Å². The van der Waals surface area contributed by atoms with Gasteiger partial charge in [-0.15, -0.1) is 0 Å². The van der Waals surface area contributed by atoms with Gasteiger partial charge in [0.2, 0.25) is 0 Å². The number of hydrogen-bond acceptors (Lipinski definition) is 4. The highest BCUT2D eigenvalue weighted by Crippen LogP contribution is 2.29. The van der Waals surface area contributed by atoms with Crippen molar-refractivity contribution >= 4 is 17.7 Å². The second-order valence-electron chi connectivity index (χ2n) is 6.12. The van der Waals surface area contributed by atoms with Crippen LogP contribution >= 0.6 is 11.8 Å². The molecule has 2 atom stereocenters. The van der Waals surface area contributed by atoms with Gasteiger partial charge in [-0.25, -0.2) is 9.66 Å². The molecular weight excluding hydrogens is 286 g/mol. The molecule has 1 aromatic heterocycles. The Labute approximate surface area is 130 Å². The van der Waals surface area contributed by atoms with Crippen LogP contribution in [0.3, 0.4) is 0 Å². The van der Waals surface area contributed by atoms with Crippen LogP contribution in [0.5, 0.6) is 0 Å². The van der Waals surface area contributed by atoms with Gasteiger partial charge in [-0.1, -0.05) is 25.6 Å². The summed E-state index contributed by atoms with van der Waals surface area (Å²) in [6.07, 6.45) is 5.48. The fourth-order valence-corrected chi connectivity index (χ4v) is 3.70. The first-order chi connectivity index (χ1) is 9.91. The van der Waals surface area contributed by atoms with Crippen LogP contribution in [0.4, 0.5) is 0 Å². The SMILES string of the molecule is CC(C)c1cnc(SCC(=O)O)n1N1C(C)CCCC1C. The molecule has 2 rings (SSSR count). The summed E-state index contributed by atoms with van der Waals surface area (Å²) < 4.78 is 2.17. The molecule has 0 radical (unpaired) electrons. The van der Waals surface area contributed by atoms with Gasteiger partial charge >= 0.3 is 5.97 Å². The van der Waals surface area contributed by atoms with Gasteiger partial charge in [0.05, 0.1) is 17.6 Å². The molecule has 0 spiro atoms. The van der Waals surface area contributed by atoms with Crippen molar-refractivity contribution in [3.05, 3.63) is 11.9 Å². The highest BCUT2D eigenvalue weighted by molar-refractivity contribution is 7.99. The Hall–Kier alpha value is -1.17. The highest BCUT2D eigenvalue weighted by atomic mass is 32.2. The summed E-state index contributed by atoms with van der Waals surface area (Å²) in [5, 5.41) is 12.1. The van der Waals surface area contributed by atoms with Crippen molar-refractivity contribution in [3.63, 3.8) is 0 Å². The Bertz CT molecular complexity index is 491. The lowest BCUT2D eigenvalue weighted by Crippen LogP contribution is -2.52. The van der Waals surface area contributed by atoms with E-state index in [0.717, 1.165) is 10.9 Å². The first-order valence-electron chi connectivity index (χ1n) is 7.62. The van der Waals surface area contributed by atoms with Gasteiger partial charge in [-0.2, -0.15) is 0 Å². The molecule has 0 amide bonds. The number of imidazole rings is 1. The van der Waals surface area contributed by atoms with Crippen LogP contribution in [0.15, 0.2) is 11.4 Å². The fourth-order valence-electron chi connectivity index (χ4n) is 2.99. The Kier molecular flexibility index (Phi) is 5.19. The van der Waals surface area contributed by atoms with Gasteiger partial charge in [0, 0.05) is 12.1 Å². The van der Waals surface area contributed by atoms with E-state index in [1.165, 1.54) is 31.0 Å². The average molecular weight is 311 g/mol. The van der Waals surface area contributed by atoms with E-state index in [0.29, 0.717) is 18.0 Å². The molecule has 5 nitrogen and oxygen atoms in total. The molecular formula is C15H25N3O2S. The normalized spacial score (nSPS) is 22.8. The number of hydrogen-bond donors (Lipinski definition) is 1. The summed E-state index contributed by atoms with van der Waals surface area (Å²) in [4.78, 5) is 15.3. The van der Waals surface area contributed by atoms with Gasteiger partial charge in [0.1, 0.15) is 0 Å². The van der Waals surface area contributed by atoms with Crippen LogP contribution in [0.2, 0.25) is 0 Å². The number of piperidine rings is 1. The molecule has 118 valence electrons. The predicted octanol–water partition coefficient (Wildman–Crippen LogP) is 3.08. The maximum atomic E-state index is 10.9. The summed E-state index contributed by atoms with van der Waals surface area (Å²) >= 11 is 1.30. The number of rotatable bonds is 5. The van der Waals surface area contributed by atoms with E-state index in [2.05, 4.69) is 42.4 Å². The third-order valence-electron chi connectivity index (χ3n) is 4.03. The van der Waals surface area contributed by atoms with Crippen LogP contribution in [0, 0.1) is 0 Å². The van der Waals surface area contributed by atoms with Crippen LogP contribution in [-0.2, 0) is 4.79 Å². The van der Waals surface area contributed by atoms with Gasteiger partial charge in [-0.3, -0.25) is 4.79 Å². The predicted molar refractivity (Wildman–Crippen MR) is 85.7 cm³/mol. The topological polar surface area (TPSA) is 58.4 Å². The van der Waals surface area contributed by atoms with Crippen molar-refractivity contribution in [2.24, 2.45) is 0 Å². The van der Waals surface area contributed by atoms with E-state index in [-0.39, 0.29) is 5.75 Å². The third kappa shape index (κ3) is 3.54. The summed E-state index contributed by atoms with van der Waals surface area (Å²) in [5.74, 6) is -0.399. The Morgan fingerprint density at radius 1 is 1.43 bits per heavy atom. The number of aromatic nitrogens is 2. The zero-order valence-electron chi connectivity index (χ0n) is 13.2. The van der Waals surface area contributed by atoms with E-state index in [1.807, 2.05) is 6.20 Å². The number of carboxylic acids is 1. The largest absolute Gasteiger partial charge is 0.481 e. The molecule has 1 aromatic rings. The van der Waals surface area contributed by atoms with Gasteiger partial charge in [-0.05, 0) is 39.0 Å². The van der Waals surface area contributed by atoms with Crippen molar-refractivity contribution < 1.29 is 9.90 Å². The maximum absolute atomic E-state index is 10.9. The van der Waals surface area contributed by atoms with E-state index in [9.17, 15) is 4.79 Å². The lowest BCUT2D eigenvalue weighted by Gasteiger charge is -2.43. The van der Waals surface area contributed by atoms with Crippen molar-refractivity contribution in [2.45, 2.75) is 70.1 Å². The number of carboxylic acid groups (broad SMARTS) is 1. The molecule has 1 N–H and O–H groups in total. The molecule has 2 unspecified atom stereocenters. The molecule has 21 heavy (non-hydrogen) atoms. The first-order valence-corrected chi connectivity index (χ1v) is 8.61. The number of aliphatic carboxylic acids is 1. The molecule has 0 bridgehead atoms. The Balaban J connectivity index is 2.37. The second-order valence-corrected chi connectivity index (χ2v) is 7.07. The Morgan fingerprint density at radius 3 is 2.57 bits per heavy atom. The number of nitrogens with zero attached hydrogens (tertiary/aromatic N) is 3. The molecule has 1 saturated heterocycles. The highest BCUT2D eigenvalue weighted by Gasteiger charge is 2.29. The van der Waals surface area contributed by atoms with E-state index in [4.69, 9.17) is 5.11 Å². The summed E-state index contributed by atoms with van der Waals surface area (Å²) in [6, 6.07) is 0.897. The fraction of sp³-hybridized carbons (Fsp3) is 0.733. The van der Waals surface area contributed by atoms with Crippen LogP contribution < -0.4 is 5.01 Å². The standard InChI is InChI=1S/C15H25N3O2S/c1-10(2)13-8-16-15(21-9-14(19)20)18(13)17-11(3)6-5-7-12(17)4/h8,10-12H,5-7,9H2,1-4H3,(H,19,20). The van der Waals surface area contributed by atoms with Crippen molar-refractivity contribution in [1.29, 1.82) is 0 Å². The monoisotopic (exact) mass is 311 g/mol. The van der Waals surface area contributed by atoms with E-state index >= 15 is 0 Å². The molecule has 0 aliphatic carbocycles.